The van der Waals surface area contributed by atoms with Crippen LogP contribution in [0.25, 0.3) is 0 Å². The van der Waals surface area contributed by atoms with Crippen LogP contribution in [0.2, 0.25) is 0 Å². The van der Waals surface area contributed by atoms with Crippen molar-refractivity contribution in [2.75, 3.05) is 13.2 Å². The average molecular weight is 327 g/mol. The molecule has 1 aliphatic heterocycles. The van der Waals surface area contributed by atoms with Crippen molar-refractivity contribution in [1.82, 2.24) is 14.7 Å². The highest BCUT2D eigenvalue weighted by molar-refractivity contribution is 5.90. The van der Waals surface area contributed by atoms with Crippen LogP contribution >= 0.6 is 0 Å². The molecule has 0 saturated carbocycles. The predicted molar refractivity (Wildman–Crippen MR) is 88.2 cm³/mol. The number of esters is 1. The van der Waals surface area contributed by atoms with E-state index in [9.17, 15) is 9.59 Å². The fourth-order valence-corrected chi connectivity index (χ4v) is 2.89. The first-order chi connectivity index (χ1) is 11.5. The van der Waals surface area contributed by atoms with E-state index in [0.29, 0.717) is 25.1 Å². The molecule has 0 bridgehead atoms. The Balaban J connectivity index is 1.53. The summed E-state index contributed by atoms with van der Waals surface area (Å²) in [6, 6.07) is 9.90. The lowest BCUT2D eigenvalue weighted by atomic mass is 10.1. The zero-order valence-corrected chi connectivity index (χ0v) is 13.9. The van der Waals surface area contributed by atoms with Crippen molar-refractivity contribution < 1.29 is 14.3 Å². The van der Waals surface area contributed by atoms with E-state index in [1.807, 2.05) is 42.2 Å². The Labute approximate surface area is 141 Å². The minimum absolute atomic E-state index is 0.0436. The van der Waals surface area contributed by atoms with Crippen molar-refractivity contribution in [3.63, 3.8) is 0 Å². The number of nitrogens with zero attached hydrogens (tertiary/aromatic N) is 3. The Morgan fingerprint density at radius 1 is 1.33 bits per heavy atom. The second-order valence-corrected chi connectivity index (χ2v) is 6.20. The van der Waals surface area contributed by atoms with Crippen LogP contribution in [0.1, 0.15) is 28.0 Å². The third-order valence-electron chi connectivity index (χ3n) is 4.42. The van der Waals surface area contributed by atoms with Gasteiger partial charge in [-0.3, -0.25) is 9.48 Å². The molecule has 1 fully saturated rings. The van der Waals surface area contributed by atoms with Crippen LogP contribution in [-0.2, 0) is 23.1 Å². The molecule has 1 atom stereocenters. The van der Waals surface area contributed by atoms with Crippen LogP contribution in [0.4, 0.5) is 0 Å². The number of hydrogen-bond acceptors (Lipinski definition) is 4. The monoisotopic (exact) mass is 327 g/mol. The number of amides is 1. The van der Waals surface area contributed by atoms with E-state index in [4.69, 9.17) is 4.74 Å². The Morgan fingerprint density at radius 3 is 2.75 bits per heavy atom. The normalized spacial score (nSPS) is 17.3. The lowest BCUT2D eigenvalue weighted by Gasteiger charge is -2.16. The van der Waals surface area contributed by atoms with Crippen molar-refractivity contribution in [3.05, 3.63) is 53.3 Å². The Hall–Kier alpha value is -2.63. The Morgan fingerprint density at radius 2 is 2.08 bits per heavy atom. The number of ether oxygens (including phenoxy) is 1. The van der Waals surface area contributed by atoms with Gasteiger partial charge in [0.2, 0.25) is 5.91 Å². The van der Waals surface area contributed by atoms with Crippen molar-refractivity contribution in [3.8, 4) is 0 Å². The quantitative estimate of drug-likeness (QED) is 0.787. The van der Waals surface area contributed by atoms with Gasteiger partial charge in [-0.2, -0.15) is 5.10 Å². The molecule has 6 nitrogen and oxygen atoms in total. The minimum atomic E-state index is -0.380. The first-order valence-electron chi connectivity index (χ1n) is 8.02. The highest BCUT2D eigenvalue weighted by atomic mass is 16.5. The van der Waals surface area contributed by atoms with Crippen LogP contribution in [-0.4, -0.2) is 39.7 Å². The van der Waals surface area contributed by atoms with Crippen molar-refractivity contribution in [2.24, 2.45) is 13.0 Å². The maximum atomic E-state index is 12.1. The van der Waals surface area contributed by atoms with Gasteiger partial charge in [0.25, 0.3) is 0 Å². The number of rotatable bonds is 5. The van der Waals surface area contributed by atoms with E-state index >= 15 is 0 Å². The Bertz CT molecular complexity index is 739. The molecule has 6 heteroatoms. The summed E-state index contributed by atoms with van der Waals surface area (Å²) >= 11 is 0. The first-order valence-corrected chi connectivity index (χ1v) is 8.02. The summed E-state index contributed by atoms with van der Waals surface area (Å²) in [7, 11) is 1.78. The van der Waals surface area contributed by atoms with Gasteiger partial charge in [0, 0.05) is 38.2 Å². The zero-order valence-electron chi connectivity index (χ0n) is 13.9. The summed E-state index contributed by atoms with van der Waals surface area (Å²) in [5, 5.41) is 4.04. The molecule has 0 N–H and O–H groups in total. The smallest absolute Gasteiger partial charge is 0.341 e. The van der Waals surface area contributed by atoms with Crippen LogP contribution in [0.15, 0.2) is 36.5 Å². The molecule has 1 aromatic heterocycles. The predicted octanol–water partition coefficient (Wildman–Crippen LogP) is 1.93. The van der Waals surface area contributed by atoms with Gasteiger partial charge in [-0.1, -0.05) is 30.3 Å². The molecule has 1 saturated heterocycles. The van der Waals surface area contributed by atoms with Gasteiger partial charge < -0.3 is 9.64 Å². The number of aryl methyl sites for hydroxylation is 1. The third-order valence-corrected chi connectivity index (χ3v) is 4.42. The summed E-state index contributed by atoms with van der Waals surface area (Å²) < 4.78 is 7.02. The summed E-state index contributed by atoms with van der Waals surface area (Å²) in [5.74, 6) is -0.228. The number of benzene rings is 1. The first kappa shape index (κ1) is 16.2. The van der Waals surface area contributed by atoms with E-state index in [-0.39, 0.29) is 24.4 Å². The zero-order chi connectivity index (χ0) is 17.1. The Kier molecular flexibility index (Phi) is 4.64. The molecule has 0 radical (unpaired) electrons. The van der Waals surface area contributed by atoms with Crippen LogP contribution < -0.4 is 0 Å². The molecule has 0 aliphatic carbocycles. The molecule has 24 heavy (non-hydrogen) atoms. The van der Waals surface area contributed by atoms with Crippen LogP contribution in [0.3, 0.4) is 0 Å². The van der Waals surface area contributed by atoms with Gasteiger partial charge in [-0.15, -0.1) is 0 Å². The fourth-order valence-electron chi connectivity index (χ4n) is 2.89. The lowest BCUT2D eigenvalue weighted by molar-refractivity contribution is -0.128. The van der Waals surface area contributed by atoms with E-state index in [1.54, 1.807) is 11.7 Å². The largest absolute Gasteiger partial charge is 0.462 e. The van der Waals surface area contributed by atoms with Crippen molar-refractivity contribution >= 4 is 11.9 Å². The van der Waals surface area contributed by atoms with E-state index in [0.717, 1.165) is 11.3 Å². The summed E-state index contributed by atoms with van der Waals surface area (Å²) in [6.07, 6.45) is 1.94. The summed E-state index contributed by atoms with van der Waals surface area (Å²) in [5.41, 5.74) is 2.35. The number of hydrogen-bond donors (Lipinski definition) is 0. The second kappa shape index (κ2) is 6.86. The topological polar surface area (TPSA) is 64.4 Å². The third kappa shape index (κ3) is 3.48. The van der Waals surface area contributed by atoms with E-state index in [2.05, 4.69) is 5.10 Å². The van der Waals surface area contributed by atoms with Gasteiger partial charge in [0.05, 0.1) is 12.8 Å². The van der Waals surface area contributed by atoms with E-state index in [1.165, 1.54) is 6.20 Å². The SMILES string of the molecule is Cc1c(C(=O)OCC2CC(=O)N(Cc3ccccc3)C2)cnn1C. The van der Waals surface area contributed by atoms with Gasteiger partial charge in [-0.25, -0.2) is 4.79 Å². The van der Waals surface area contributed by atoms with Crippen LogP contribution in [0, 0.1) is 12.8 Å². The molecule has 1 amide bonds. The van der Waals surface area contributed by atoms with Gasteiger partial charge in [0.1, 0.15) is 5.56 Å². The highest BCUT2D eigenvalue weighted by Crippen LogP contribution is 2.21. The number of aromatic nitrogens is 2. The average Bonchev–Trinajstić information content (AvgIpc) is 3.09. The van der Waals surface area contributed by atoms with Gasteiger partial charge in [0.15, 0.2) is 0 Å². The van der Waals surface area contributed by atoms with Crippen LogP contribution in [0.5, 0.6) is 0 Å². The molecule has 3 rings (SSSR count). The summed E-state index contributed by atoms with van der Waals surface area (Å²) in [6.45, 7) is 3.30. The van der Waals surface area contributed by atoms with Crippen molar-refractivity contribution in [2.45, 2.75) is 19.9 Å². The minimum Gasteiger partial charge on any atom is -0.462 e. The molecule has 2 heterocycles. The maximum Gasteiger partial charge on any atom is 0.341 e. The number of likely N-dealkylation sites (tertiary alicyclic amines) is 1. The van der Waals surface area contributed by atoms with Gasteiger partial charge in [-0.05, 0) is 12.5 Å². The van der Waals surface area contributed by atoms with Crippen molar-refractivity contribution in [1.29, 1.82) is 0 Å². The molecule has 1 unspecified atom stereocenters. The highest BCUT2D eigenvalue weighted by Gasteiger charge is 2.30. The summed E-state index contributed by atoms with van der Waals surface area (Å²) in [4.78, 5) is 26.1. The molecule has 1 aliphatic rings. The molecular formula is C18H21N3O3. The molecular weight excluding hydrogens is 306 g/mol. The van der Waals surface area contributed by atoms with E-state index < -0.39 is 0 Å². The standard InChI is InChI=1S/C18H21N3O3/c1-13-16(9-19-20(13)2)18(23)24-12-15-8-17(22)21(11-15)10-14-6-4-3-5-7-14/h3-7,9,15H,8,10-12H2,1-2H3. The molecule has 2 aromatic rings. The molecule has 1 aromatic carbocycles. The fraction of sp³-hybridized carbons (Fsp3) is 0.389. The second-order valence-electron chi connectivity index (χ2n) is 6.20. The maximum absolute atomic E-state index is 12.1. The molecule has 0 spiro atoms. The number of carbonyl (C=O) groups excluding carboxylic acids is 2. The lowest BCUT2D eigenvalue weighted by Crippen LogP contribution is -2.25. The molecule has 126 valence electrons. The number of carbonyl (C=O) groups is 2. The van der Waals surface area contributed by atoms with Gasteiger partial charge >= 0.3 is 5.97 Å².